The number of nitrogens with zero attached hydrogens (tertiary/aromatic N) is 1. The van der Waals surface area contributed by atoms with E-state index in [9.17, 15) is 9.90 Å². The van der Waals surface area contributed by atoms with Crippen molar-refractivity contribution in [1.29, 1.82) is 0 Å². The van der Waals surface area contributed by atoms with Crippen LogP contribution < -0.4 is 10.2 Å². The van der Waals surface area contributed by atoms with Gasteiger partial charge < -0.3 is 9.84 Å². The third-order valence-corrected chi connectivity index (χ3v) is 4.72. The lowest BCUT2D eigenvalue weighted by atomic mass is 10.0. The largest absolute Gasteiger partial charge is 0.507 e. The molecule has 0 bridgehead atoms. The van der Waals surface area contributed by atoms with Gasteiger partial charge in [0.25, 0.3) is 5.91 Å². The summed E-state index contributed by atoms with van der Waals surface area (Å²) in [6.45, 7) is 1.66. The zero-order chi connectivity index (χ0) is 20.2. The maximum absolute atomic E-state index is 12.3. The Hall–Kier alpha value is -3.86. The number of nitrogens with one attached hydrogen (secondary N) is 1. The van der Waals surface area contributed by atoms with Gasteiger partial charge in [0.15, 0.2) is 6.10 Å². The van der Waals surface area contributed by atoms with Crippen LogP contribution in [0.2, 0.25) is 0 Å². The van der Waals surface area contributed by atoms with E-state index in [-0.39, 0.29) is 11.7 Å². The molecule has 0 saturated carbocycles. The van der Waals surface area contributed by atoms with Gasteiger partial charge in [-0.3, -0.25) is 4.79 Å². The number of phenolic OH excluding ortho intramolecular Hbond substituents is 1. The predicted octanol–water partition coefficient (Wildman–Crippen LogP) is 4.62. The van der Waals surface area contributed by atoms with Gasteiger partial charge in [-0.1, -0.05) is 60.7 Å². The molecule has 0 aliphatic carbocycles. The van der Waals surface area contributed by atoms with Crippen LogP contribution in [0.3, 0.4) is 0 Å². The second-order valence-electron chi connectivity index (χ2n) is 6.72. The molecule has 5 nitrogen and oxygen atoms in total. The molecule has 2 N–H and O–H groups in total. The minimum atomic E-state index is -0.727. The van der Waals surface area contributed by atoms with Gasteiger partial charge >= 0.3 is 0 Å². The summed E-state index contributed by atoms with van der Waals surface area (Å²) in [5, 5.41) is 18.1. The lowest BCUT2D eigenvalue weighted by molar-refractivity contribution is -0.127. The van der Waals surface area contributed by atoms with E-state index in [1.54, 1.807) is 13.0 Å². The van der Waals surface area contributed by atoms with Gasteiger partial charge in [0.05, 0.1) is 6.21 Å². The predicted molar refractivity (Wildman–Crippen MR) is 115 cm³/mol. The van der Waals surface area contributed by atoms with E-state index < -0.39 is 6.10 Å². The summed E-state index contributed by atoms with van der Waals surface area (Å²) in [5.74, 6) is 0.332. The second kappa shape index (κ2) is 8.02. The Labute approximate surface area is 168 Å². The summed E-state index contributed by atoms with van der Waals surface area (Å²) >= 11 is 0. The summed E-state index contributed by atoms with van der Waals surface area (Å²) in [7, 11) is 0. The summed E-state index contributed by atoms with van der Waals surface area (Å²) in [4.78, 5) is 12.3. The van der Waals surface area contributed by atoms with Crippen molar-refractivity contribution in [2.24, 2.45) is 5.10 Å². The fourth-order valence-corrected chi connectivity index (χ4v) is 3.17. The normalized spacial score (nSPS) is 12.3. The van der Waals surface area contributed by atoms with Gasteiger partial charge in [0, 0.05) is 5.56 Å². The number of hydrazone groups is 1. The molecule has 0 fully saturated rings. The molecule has 0 heterocycles. The van der Waals surface area contributed by atoms with Crippen molar-refractivity contribution in [3.63, 3.8) is 0 Å². The summed E-state index contributed by atoms with van der Waals surface area (Å²) < 4.78 is 5.75. The first-order valence-corrected chi connectivity index (χ1v) is 9.31. The Kier molecular flexibility index (Phi) is 5.12. The molecule has 4 aromatic carbocycles. The molecule has 4 aromatic rings. The highest BCUT2D eigenvalue weighted by Gasteiger charge is 2.14. The van der Waals surface area contributed by atoms with Crippen LogP contribution in [0, 0.1) is 0 Å². The number of fused-ring (bicyclic) bond motifs is 2. The van der Waals surface area contributed by atoms with Crippen molar-refractivity contribution in [1.82, 2.24) is 5.43 Å². The molecule has 0 radical (unpaired) electrons. The monoisotopic (exact) mass is 384 g/mol. The van der Waals surface area contributed by atoms with Crippen LogP contribution in [0.5, 0.6) is 11.5 Å². The molecule has 144 valence electrons. The third-order valence-electron chi connectivity index (χ3n) is 4.72. The molecule has 0 spiro atoms. The van der Waals surface area contributed by atoms with Crippen molar-refractivity contribution < 1.29 is 14.6 Å². The maximum atomic E-state index is 12.3. The van der Waals surface area contributed by atoms with Gasteiger partial charge in [-0.15, -0.1) is 0 Å². The van der Waals surface area contributed by atoms with E-state index in [2.05, 4.69) is 10.5 Å². The van der Waals surface area contributed by atoms with Gasteiger partial charge in [-0.2, -0.15) is 5.10 Å². The van der Waals surface area contributed by atoms with Crippen molar-refractivity contribution in [2.45, 2.75) is 13.0 Å². The molecule has 0 aromatic heterocycles. The second-order valence-corrected chi connectivity index (χ2v) is 6.72. The molecule has 29 heavy (non-hydrogen) atoms. The molecule has 1 atom stereocenters. The number of carbonyl (C=O) groups is 1. The van der Waals surface area contributed by atoms with Gasteiger partial charge in [0.2, 0.25) is 0 Å². The van der Waals surface area contributed by atoms with E-state index in [0.29, 0.717) is 11.3 Å². The lowest BCUT2D eigenvalue weighted by Gasteiger charge is -2.13. The van der Waals surface area contributed by atoms with Crippen LogP contribution >= 0.6 is 0 Å². The Balaban J connectivity index is 1.44. The summed E-state index contributed by atoms with van der Waals surface area (Å²) in [6.07, 6.45) is 0.715. The highest BCUT2D eigenvalue weighted by molar-refractivity contribution is 6.02. The van der Waals surface area contributed by atoms with Crippen LogP contribution in [0.15, 0.2) is 84.0 Å². The van der Waals surface area contributed by atoms with Crippen molar-refractivity contribution in [2.75, 3.05) is 0 Å². The smallest absolute Gasteiger partial charge is 0.280 e. The number of carbonyl (C=O) groups excluding carboxylic acids is 1. The van der Waals surface area contributed by atoms with Crippen LogP contribution in [0.25, 0.3) is 21.5 Å². The number of hydrogen-bond acceptors (Lipinski definition) is 4. The average molecular weight is 384 g/mol. The topological polar surface area (TPSA) is 70.9 Å². The van der Waals surface area contributed by atoms with Crippen LogP contribution in [-0.4, -0.2) is 23.3 Å². The van der Waals surface area contributed by atoms with Crippen molar-refractivity contribution in [3.8, 4) is 11.5 Å². The van der Waals surface area contributed by atoms with Crippen molar-refractivity contribution in [3.05, 3.63) is 84.4 Å². The summed E-state index contributed by atoms with van der Waals surface area (Å²) in [5.41, 5.74) is 3.02. The molecular weight excluding hydrogens is 364 g/mol. The Morgan fingerprint density at radius 2 is 1.66 bits per heavy atom. The Bertz CT molecular complexity index is 1220. The maximum Gasteiger partial charge on any atom is 0.280 e. The van der Waals surface area contributed by atoms with E-state index in [4.69, 9.17) is 4.74 Å². The van der Waals surface area contributed by atoms with E-state index >= 15 is 0 Å². The molecule has 0 aliphatic heterocycles. The van der Waals surface area contributed by atoms with Crippen LogP contribution in [0.1, 0.15) is 12.5 Å². The number of ether oxygens (including phenoxy) is 1. The molecular formula is C24H20N2O3. The van der Waals surface area contributed by atoms with Crippen molar-refractivity contribution >= 4 is 33.7 Å². The molecule has 0 aliphatic rings. The van der Waals surface area contributed by atoms with E-state index in [1.165, 1.54) is 6.21 Å². The molecule has 0 saturated heterocycles. The lowest BCUT2D eigenvalue weighted by Crippen LogP contribution is -2.33. The number of aromatic hydroxyl groups is 1. The molecule has 1 amide bonds. The quantitative estimate of drug-likeness (QED) is 0.390. The highest BCUT2D eigenvalue weighted by atomic mass is 16.5. The highest BCUT2D eigenvalue weighted by Crippen LogP contribution is 2.25. The zero-order valence-electron chi connectivity index (χ0n) is 15.9. The fraction of sp³-hybridized carbons (Fsp3) is 0.0833. The third kappa shape index (κ3) is 4.04. The first kappa shape index (κ1) is 18.5. The zero-order valence-corrected chi connectivity index (χ0v) is 15.9. The van der Waals surface area contributed by atoms with E-state index in [0.717, 1.165) is 21.5 Å². The van der Waals surface area contributed by atoms with Gasteiger partial charge in [0.1, 0.15) is 11.5 Å². The summed E-state index contributed by atoms with van der Waals surface area (Å²) in [6, 6.07) is 24.7. The van der Waals surface area contributed by atoms with Gasteiger partial charge in [-0.25, -0.2) is 5.43 Å². The number of phenols is 1. The molecule has 4 rings (SSSR count). The van der Waals surface area contributed by atoms with Crippen LogP contribution in [-0.2, 0) is 4.79 Å². The molecule has 0 unspecified atom stereocenters. The number of amides is 1. The van der Waals surface area contributed by atoms with Gasteiger partial charge in [-0.05, 0) is 46.7 Å². The first-order valence-electron chi connectivity index (χ1n) is 9.31. The fourth-order valence-electron chi connectivity index (χ4n) is 3.17. The minimum Gasteiger partial charge on any atom is -0.507 e. The number of hydrogen-bond donors (Lipinski definition) is 2. The SMILES string of the molecule is C[C@@H](Oc1ccc2ccccc2c1)C(=O)N/N=C/c1c(O)ccc2ccccc12. The van der Waals surface area contributed by atoms with Crippen LogP contribution in [0.4, 0.5) is 0 Å². The number of rotatable bonds is 5. The average Bonchev–Trinajstić information content (AvgIpc) is 2.75. The standard InChI is InChI=1S/C24H20N2O3/c1-16(29-20-12-10-17-6-2-3-8-19(17)14-20)24(28)26-25-15-22-21-9-5-4-7-18(21)11-13-23(22)27/h2-16,27H,1H3,(H,26,28)/b25-15+/t16-/m1/s1. The minimum absolute atomic E-state index is 0.0992. The molecule has 5 heteroatoms. The van der Waals surface area contributed by atoms with E-state index in [1.807, 2.05) is 72.8 Å². The number of benzene rings is 4. The first-order chi connectivity index (χ1) is 14.1. The Morgan fingerprint density at radius 3 is 2.48 bits per heavy atom. The Morgan fingerprint density at radius 1 is 0.966 bits per heavy atom.